The number of nitrogen functional groups attached to an aromatic ring is 1. The van der Waals surface area contributed by atoms with Crippen molar-refractivity contribution in [2.24, 2.45) is 5.92 Å². The molecule has 0 aliphatic rings. The maximum Gasteiger partial charge on any atom is 0.201 e. The maximum atomic E-state index is 6.20. The molecule has 2 rings (SSSR count). The van der Waals surface area contributed by atoms with E-state index in [1.54, 1.807) is 0 Å². The van der Waals surface area contributed by atoms with Crippen LogP contribution in [0.4, 0.5) is 5.95 Å². The number of benzene rings is 1. The fourth-order valence-corrected chi connectivity index (χ4v) is 3.05. The van der Waals surface area contributed by atoms with E-state index < -0.39 is 0 Å². The lowest BCUT2D eigenvalue weighted by Crippen LogP contribution is -2.17. The normalized spacial score (nSPS) is 13.0. The van der Waals surface area contributed by atoms with E-state index >= 15 is 0 Å². The van der Waals surface area contributed by atoms with Crippen molar-refractivity contribution in [3.63, 3.8) is 0 Å². The average molecular weight is 289 g/mol. The number of aromatic nitrogens is 2. The Morgan fingerprint density at radius 1 is 1.24 bits per heavy atom. The molecule has 1 aromatic heterocycles. The molecule has 1 unspecified atom stereocenters. The highest BCUT2D eigenvalue weighted by atomic mass is 16.5. The minimum Gasteiger partial charge on any atom is -0.491 e. The molecule has 0 aliphatic carbocycles. The van der Waals surface area contributed by atoms with E-state index in [0.29, 0.717) is 24.5 Å². The number of hydrogen-bond donors (Lipinski definition) is 1. The molecular weight excluding hydrogens is 262 g/mol. The fraction of sp³-hybridized carbons (Fsp3) is 0.588. The lowest BCUT2D eigenvalue weighted by Gasteiger charge is -2.24. The number of fused-ring (bicyclic) bond motifs is 1. The highest BCUT2D eigenvalue weighted by Crippen LogP contribution is 2.33. The van der Waals surface area contributed by atoms with Gasteiger partial charge in [-0.15, -0.1) is 0 Å². The van der Waals surface area contributed by atoms with Crippen molar-refractivity contribution >= 4 is 17.0 Å². The van der Waals surface area contributed by atoms with Gasteiger partial charge in [0.05, 0.1) is 12.1 Å². The predicted octanol–water partition coefficient (Wildman–Crippen LogP) is 4.40. The summed E-state index contributed by atoms with van der Waals surface area (Å²) < 4.78 is 7.96. The number of para-hydroxylation sites is 1. The molecule has 0 saturated heterocycles. The van der Waals surface area contributed by atoms with E-state index in [2.05, 4.69) is 43.3 Å². The lowest BCUT2D eigenvalue weighted by molar-refractivity contribution is 0.320. The largest absolute Gasteiger partial charge is 0.491 e. The summed E-state index contributed by atoms with van der Waals surface area (Å²) in [6.07, 6.45) is 3.27. The number of imidazole rings is 1. The number of nitrogens with zero attached hydrogens (tertiary/aromatic N) is 2. The van der Waals surface area contributed by atoms with Crippen LogP contribution in [-0.4, -0.2) is 16.2 Å². The van der Waals surface area contributed by atoms with Crippen molar-refractivity contribution in [2.75, 3.05) is 12.3 Å². The molecule has 2 N–H and O–H groups in total. The SMILES string of the molecule is CCCOc1cccc2c1nc(N)n2C(C)C(CC)CC. The van der Waals surface area contributed by atoms with Gasteiger partial charge >= 0.3 is 0 Å². The van der Waals surface area contributed by atoms with Gasteiger partial charge in [0.25, 0.3) is 0 Å². The number of ether oxygens (including phenoxy) is 1. The topological polar surface area (TPSA) is 53.1 Å². The van der Waals surface area contributed by atoms with Crippen LogP contribution in [0.2, 0.25) is 0 Å². The van der Waals surface area contributed by atoms with E-state index in [1.165, 1.54) is 0 Å². The van der Waals surface area contributed by atoms with Gasteiger partial charge in [-0.3, -0.25) is 0 Å². The van der Waals surface area contributed by atoms with Crippen molar-refractivity contribution in [3.8, 4) is 5.75 Å². The van der Waals surface area contributed by atoms with Crippen LogP contribution in [0.25, 0.3) is 11.0 Å². The van der Waals surface area contributed by atoms with Crippen molar-refractivity contribution in [1.82, 2.24) is 9.55 Å². The van der Waals surface area contributed by atoms with Gasteiger partial charge in [-0.25, -0.2) is 4.98 Å². The Bertz CT molecular complexity index is 587. The van der Waals surface area contributed by atoms with E-state index in [4.69, 9.17) is 10.5 Å². The highest BCUT2D eigenvalue weighted by Gasteiger charge is 2.21. The van der Waals surface area contributed by atoms with Gasteiger partial charge in [-0.05, 0) is 31.4 Å². The quantitative estimate of drug-likeness (QED) is 0.821. The lowest BCUT2D eigenvalue weighted by atomic mass is 9.95. The van der Waals surface area contributed by atoms with Gasteiger partial charge < -0.3 is 15.0 Å². The van der Waals surface area contributed by atoms with E-state index in [-0.39, 0.29) is 0 Å². The predicted molar refractivity (Wildman–Crippen MR) is 88.7 cm³/mol. The Balaban J connectivity index is 2.47. The Labute approximate surface area is 127 Å². The Morgan fingerprint density at radius 2 is 1.95 bits per heavy atom. The van der Waals surface area contributed by atoms with Crippen LogP contribution in [0.5, 0.6) is 5.75 Å². The van der Waals surface area contributed by atoms with E-state index in [0.717, 1.165) is 36.0 Å². The van der Waals surface area contributed by atoms with Crippen LogP contribution in [0.3, 0.4) is 0 Å². The zero-order valence-electron chi connectivity index (χ0n) is 13.6. The number of anilines is 1. The third-order valence-corrected chi connectivity index (χ3v) is 4.31. The minimum absolute atomic E-state index is 0.339. The monoisotopic (exact) mass is 289 g/mol. The van der Waals surface area contributed by atoms with Crippen LogP contribution in [0.1, 0.15) is 53.0 Å². The van der Waals surface area contributed by atoms with Gasteiger partial charge in [0, 0.05) is 6.04 Å². The molecule has 4 nitrogen and oxygen atoms in total. The number of hydrogen-bond acceptors (Lipinski definition) is 3. The summed E-state index contributed by atoms with van der Waals surface area (Å²) >= 11 is 0. The standard InChI is InChI=1S/C17H27N3O/c1-5-11-21-15-10-8-9-14-16(15)19-17(18)20(14)12(4)13(6-2)7-3/h8-10,12-13H,5-7,11H2,1-4H3,(H2,18,19). The molecule has 0 spiro atoms. The Kier molecular flexibility index (Phi) is 5.10. The molecule has 21 heavy (non-hydrogen) atoms. The first kappa shape index (κ1) is 15.7. The van der Waals surface area contributed by atoms with Gasteiger partial charge in [0.1, 0.15) is 11.3 Å². The van der Waals surface area contributed by atoms with Crippen LogP contribution >= 0.6 is 0 Å². The number of rotatable bonds is 7. The molecule has 1 atom stereocenters. The third kappa shape index (κ3) is 2.99. The molecule has 2 aromatic rings. The van der Waals surface area contributed by atoms with Crippen LogP contribution in [0, 0.1) is 5.92 Å². The van der Waals surface area contributed by atoms with Crippen molar-refractivity contribution in [1.29, 1.82) is 0 Å². The third-order valence-electron chi connectivity index (χ3n) is 4.31. The zero-order chi connectivity index (χ0) is 15.4. The summed E-state index contributed by atoms with van der Waals surface area (Å²) in [5.41, 5.74) is 8.14. The first-order valence-corrected chi connectivity index (χ1v) is 8.03. The van der Waals surface area contributed by atoms with E-state index in [9.17, 15) is 0 Å². The molecule has 0 aliphatic heterocycles. The van der Waals surface area contributed by atoms with Gasteiger partial charge in [0.2, 0.25) is 5.95 Å². The summed E-state index contributed by atoms with van der Waals surface area (Å²) in [6.45, 7) is 9.50. The Morgan fingerprint density at radius 3 is 2.57 bits per heavy atom. The van der Waals surface area contributed by atoms with Crippen molar-refractivity contribution < 1.29 is 4.74 Å². The van der Waals surface area contributed by atoms with Crippen LogP contribution in [0.15, 0.2) is 18.2 Å². The van der Waals surface area contributed by atoms with Crippen molar-refractivity contribution in [2.45, 2.75) is 53.0 Å². The Hall–Kier alpha value is -1.71. The van der Waals surface area contributed by atoms with Gasteiger partial charge in [-0.2, -0.15) is 0 Å². The molecule has 4 heteroatoms. The van der Waals surface area contributed by atoms with E-state index in [1.807, 2.05) is 12.1 Å². The van der Waals surface area contributed by atoms with Gasteiger partial charge in [-0.1, -0.05) is 39.7 Å². The first-order valence-electron chi connectivity index (χ1n) is 8.03. The zero-order valence-corrected chi connectivity index (χ0v) is 13.6. The summed E-state index contributed by atoms with van der Waals surface area (Å²) in [4.78, 5) is 4.55. The second-order valence-corrected chi connectivity index (χ2v) is 5.63. The molecule has 116 valence electrons. The summed E-state index contributed by atoms with van der Waals surface area (Å²) in [6, 6.07) is 6.41. The molecule has 0 saturated carbocycles. The summed E-state index contributed by atoms with van der Waals surface area (Å²) in [5, 5.41) is 0. The maximum absolute atomic E-state index is 6.20. The molecule has 1 aromatic carbocycles. The summed E-state index contributed by atoms with van der Waals surface area (Å²) in [7, 11) is 0. The fourth-order valence-electron chi connectivity index (χ4n) is 3.05. The van der Waals surface area contributed by atoms with Gasteiger partial charge in [0.15, 0.2) is 0 Å². The molecule has 0 radical (unpaired) electrons. The minimum atomic E-state index is 0.339. The van der Waals surface area contributed by atoms with Crippen molar-refractivity contribution in [3.05, 3.63) is 18.2 Å². The second kappa shape index (κ2) is 6.83. The van der Waals surface area contributed by atoms with Crippen LogP contribution in [-0.2, 0) is 0 Å². The highest BCUT2D eigenvalue weighted by molar-refractivity contribution is 5.84. The summed E-state index contributed by atoms with van der Waals surface area (Å²) in [5.74, 6) is 2.01. The smallest absolute Gasteiger partial charge is 0.201 e. The van der Waals surface area contributed by atoms with Crippen LogP contribution < -0.4 is 10.5 Å². The molecular formula is C17H27N3O. The first-order chi connectivity index (χ1) is 10.1. The number of nitrogens with two attached hydrogens (primary N) is 1. The second-order valence-electron chi connectivity index (χ2n) is 5.63. The molecule has 0 fully saturated rings. The molecule has 1 heterocycles. The molecule has 0 amide bonds. The average Bonchev–Trinajstić information content (AvgIpc) is 2.82. The molecule has 0 bridgehead atoms.